The quantitative estimate of drug-likeness (QED) is 0.376. The van der Waals surface area contributed by atoms with E-state index in [-0.39, 0.29) is 5.91 Å². The number of fused-ring (bicyclic) bond motifs is 1. The molecule has 0 aliphatic rings. The van der Waals surface area contributed by atoms with Crippen molar-refractivity contribution in [1.29, 1.82) is 0 Å². The molecular formula is C22H19IN4OS. The number of carbonyl (C=O) groups is 1. The highest BCUT2D eigenvalue weighted by Gasteiger charge is 2.13. The van der Waals surface area contributed by atoms with E-state index in [1.165, 1.54) is 0 Å². The zero-order valence-corrected chi connectivity index (χ0v) is 18.8. The van der Waals surface area contributed by atoms with Crippen molar-refractivity contribution >= 4 is 51.2 Å². The van der Waals surface area contributed by atoms with Crippen LogP contribution in [-0.4, -0.2) is 27.7 Å². The van der Waals surface area contributed by atoms with E-state index in [0.717, 1.165) is 43.1 Å². The molecule has 4 rings (SSSR count). The van der Waals surface area contributed by atoms with Gasteiger partial charge in [-0.25, -0.2) is 0 Å². The number of hydrogen-bond donors (Lipinski definition) is 1. The van der Waals surface area contributed by atoms with Gasteiger partial charge in [-0.2, -0.15) is 5.10 Å². The summed E-state index contributed by atoms with van der Waals surface area (Å²) in [4.78, 5) is 18.6. The Bertz CT molecular complexity index is 1160. The van der Waals surface area contributed by atoms with Gasteiger partial charge in [0.05, 0.1) is 11.1 Å². The first-order valence-corrected chi connectivity index (χ1v) is 11.1. The summed E-state index contributed by atoms with van der Waals surface area (Å²) in [5, 5.41) is 8.56. The predicted octanol–water partition coefficient (Wildman–Crippen LogP) is 4.79. The predicted molar refractivity (Wildman–Crippen MR) is 124 cm³/mol. The second-order valence-electron chi connectivity index (χ2n) is 6.44. The number of aryl methyl sites for hydroxylation is 2. The van der Waals surface area contributed by atoms with Crippen LogP contribution in [0.2, 0.25) is 0 Å². The number of hydrogen-bond acceptors (Lipinski definition) is 4. The van der Waals surface area contributed by atoms with Gasteiger partial charge in [0.2, 0.25) is 0 Å². The molecule has 4 aromatic rings. The van der Waals surface area contributed by atoms with Crippen LogP contribution in [-0.2, 0) is 13.0 Å². The standard InChI is InChI=1S/C22H19IN4OS/c1-24-22(28)18-7-2-3-8-20(18)29-16-9-10-17-19(14-16)27(26-21(17)23)13-11-15-6-4-5-12-25-15/h2-10,12,14H,11,13H2,1H3,(H,24,28). The summed E-state index contributed by atoms with van der Waals surface area (Å²) in [6.45, 7) is 0.763. The lowest BCUT2D eigenvalue weighted by atomic mass is 10.2. The van der Waals surface area contributed by atoms with Gasteiger partial charge in [0.15, 0.2) is 0 Å². The van der Waals surface area contributed by atoms with E-state index >= 15 is 0 Å². The summed E-state index contributed by atoms with van der Waals surface area (Å²) in [7, 11) is 1.65. The van der Waals surface area contributed by atoms with Crippen molar-refractivity contribution in [1.82, 2.24) is 20.1 Å². The molecule has 7 heteroatoms. The topological polar surface area (TPSA) is 59.8 Å². The van der Waals surface area contributed by atoms with E-state index in [4.69, 9.17) is 5.10 Å². The first-order chi connectivity index (χ1) is 14.2. The van der Waals surface area contributed by atoms with Crippen LogP contribution >= 0.6 is 34.4 Å². The van der Waals surface area contributed by atoms with E-state index in [1.807, 2.05) is 53.3 Å². The van der Waals surface area contributed by atoms with Crippen molar-refractivity contribution in [2.75, 3.05) is 7.05 Å². The Morgan fingerprint density at radius 3 is 2.76 bits per heavy atom. The number of carbonyl (C=O) groups excluding carboxylic acids is 1. The Labute approximate surface area is 187 Å². The molecule has 2 aromatic carbocycles. The summed E-state index contributed by atoms with van der Waals surface area (Å²) < 4.78 is 3.03. The SMILES string of the molecule is CNC(=O)c1ccccc1Sc1ccc2c(I)nn(CCc3ccccn3)c2c1. The molecule has 0 saturated heterocycles. The molecular weight excluding hydrogens is 495 g/mol. The minimum atomic E-state index is -0.0795. The van der Waals surface area contributed by atoms with Crippen molar-refractivity contribution in [2.24, 2.45) is 0 Å². The van der Waals surface area contributed by atoms with E-state index in [9.17, 15) is 4.79 Å². The maximum Gasteiger partial charge on any atom is 0.252 e. The Balaban J connectivity index is 1.63. The number of nitrogens with zero attached hydrogens (tertiary/aromatic N) is 3. The molecule has 146 valence electrons. The molecule has 0 saturated carbocycles. The van der Waals surface area contributed by atoms with E-state index in [1.54, 1.807) is 18.8 Å². The molecule has 2 heterocycles. The fraction of sp³-hybridized carbons (Fsp3) is 0.136. The summed E-state index contributed by atoms with van der Waals surface area (Å²) in [5.74, 6) is -0.0795. The molecule has 0 unspecified atom stereocenters. The van der Waals surface area contributed by atoms with Crippen LogP contribution in [0.4, 0.5) is 0 Å². The zero-order chi connectivity index (χ0) is 20.2. The van der Waals surface area contributed by atoms with Gasteiger partial charge in [-0.1, -0.05) is 30.0 Å². The summed E-state index contributed by atoms with van der Waals surface area (Å²) in [6.07, 6.45) is 2.64. The van der Waals surface area contributed by atoms with Crippen molar-refractivity contribution in [3.63, 3.8) is 0 Å². The van der Waals surface area contributed by atoms with Gasteiger partial charge in [0.25, 0.3) is 5.91 Å². The Hall–Kier alpha value is -2.39. The normalized spacial score (nSPS) is 11.0. The minimum absolute atomic E-state index is 0.0795. The second-order valence-corrected chi connectivity index (χ2v) is 8.58. The molecule has 0 fully saturated rings. The summed E-state index contributed by atoms with van der Waals surface area (Å²) in [6, 6.07) is 20.0. The number of benzene rings is 2. The maximum atomic E-state index is 12.2. The molecule has 1 amide bonds. The van der Waals surface area contributed by atoms with Gasteiger partial charge in [-0.3, -0.25) is 14.5 Å². The van der Waals surface area contributed by atoms with Gasteiger partial charge in [0.1, 0.15) is 3.70 Å². The largest absolute Gasteiger partial charge is 0.355 e. The number of halogens is 1. The third-order valence-electron chi connectivity index (χ3n) is 4.57. The highest BCUT2D eigenvalue weighted by Crippen LogP contribution is 2.33. The van der Waals surface area contributed by atoms with Crippen LogP contribution < -0.4 is 5.32 Å². The third kappa shape index (κ3) is 4.45. The van der Waals surface area contributed by atoms with E-state index in [2.05, 4.69) is 51.1 Å². The highest BCUT2D eigenvalue weighted by molar-refractivity contribution is 14.1. The van der Waals surface area contributed by atoms with E-state index in [0.29, 0.717) is 5.56 Å². The van der Waals surface area contributed by atoms with Gasteiger partial charge < -0.3 is 5.32 Å². The van der Waals surface area contributed by atoms with E-state index < -0.39 is 0 Å². The van der Waals surface area contributed by atoms with Crippen LogP contribution in [0.25, 0.3) is 10.9 Å². The molecule has 0 bridgehead atoms. The average Bonchev–Trinajstić information content (AvgIpc) is 3.08. The van der Waals surface area contributed by atoms with Crippen LogP contribution in [0.5, 0.6) is 0 Å². The Kier molecular flexibility index (Phi) is 6.15. The Morgan fingerprint density at radius 1 is 1.14 bits per heavy atom. The lowest BCUT2D eigenvalue weighted by molar-refractivity contribution is 0.0960. The highest BCUT2D eigenvalue weighted by atomic mass is 127. The first kappa shape index (κ1) is 19.9. The zero-order valence-electron chi connectivity index (χ0n) is 15.8. The number of aromatic nitrogens is 3. The lowest BCUT2D eigenvalue weighted by Crippen LogP contribution is -2.18. The second kappa shape index (κ2) is 8.96. The van der Waals surface area contributed by atoms with Crippen LogP contribution in [0.1, 0.15) is 16.1 Å². The van der Waals surface area contributed by atoms with Crippen LogP contribution in [0.15, 0.2) is 76.7 Å². The van der Waals surface area contributed by atoms with Gasteiger partial charge in [-0.05, 0) is 65.1 Å². The molecule has 0 aliphatic heterocycles. The van der Waals surface area contributed by atoms with Gasteiger partial charge >= 0.3 is 0 Å². The fourth-order valence-electron chi connectivity index (χ4n) is 3.12. The van der Waals surface area contributed by atoms with Crippen molar-refractivity contribution < 1.29 is 4.79 Å². The van der Waals surface area contributed by atoms with Crippen LogP contribution in [0.3, 0.4) is 0 Å². The molecule has 29 heavy (non-hydrogen) atoms. The van der Waals surface area contributed by atoms with Crippen molar-refractivity contribution in [3.05, 3.63) is 81.8 Å². The fourth-order valence-corrected chi connectivity index (χ4v) is 4.81. The number of amides is 1. The molecule has 1 N–H and O–H groups in total. The molecule has 0 spiro atoms. The molecule has 0 atom stereocenters. The van der Waals surface area contributed by atoms with Crippen LogP contribution in [0, 0.1) is 3.70 Å². The minimum Gasteiger partial charge on any atom is -0.355 e. The molecule has 5 nitrogen and oxygen atoms in total. The molecule has 0 radical (unpaired) electrons. The third-order valence-corrected chi connectivity index (χ3v) is 6.43. The van der Waals surface area contributed by atoms with Crippen molar-refractivity contribution in [3.8, 4) is 0 Å². The average molecular weight is 514 g/mol. The molecule has 0 aliphatic carbocycles. The van der Waals surface area contributed by atoms with Gasteiger partial charge in [0, 0.05) is 47.1 Å². The lowest BCUT2D eigenvalue weighted by Gasteiger charge is -2.09. The summed E-state index contributed by atoms with van der Waals surface area (Å²) in [5.41, 5.74) is 2.82. The van der Waals surface area contributed by atoms with Crippen molar-refractivity contribution in [2.45, 2.75) is 22.8 Å². The smallest absolute Gasteiger partial charge is 0.252 e. The Morgan fingerprint density at radius 2 is 1.97 bits per heavy atom. The number of pyridine rings is 1. The number of rotatable bonds is 6. The number of nitrogens with one attached hydrogen (secondary N) is 1. The van der Waals surface area contributed by atoms with Gasteiger partial charge in [-0.15, -0.1) is 0 Å². The first-order valence-electron chi connectivity index (χ1n) is 9.20. The monoisotopic (exact) mass is 514 g/mol. The maximum absolute atomic E-state index is 12.2. The summed E-state index contributed by atoms with van der Waals surface area (Å²) >= 11 is 3.87. The molecule has 2 aromatic heterocycles.